The molecule has 0 bridgehead atoms. The number of nitrogens with zero attached hydrogens (tertiary/aromatic N) is 2. The first-order valence-electron chi connectivity index (χ1n) is 7.08. The zero-order valence-electron chi connectivity index (χ0n) is 12.4. The normalized spacial score (nSPS) is 19.4. The van der Waals surface area contributed by atoms with Gasteiger partial charge in [-0.25, -0.2) is 8.42 Å². The van der Waals surface area contributed by atoms with Crippen molar-refractivity contribution in [2.75, 3.05) is 16.8 Å². The molecule has 1 fully saturated rings. The lowest BCUT2D eigenvalue weighted by Crippen LogP contribution is -2.35. The predicted octanol–water partition coefficient (Wildman–Crippen LogP) is 1.04. The molecule has 0 spiro atoms. The molecule has 122 valence electrons. The smallest absolute Gasteiger partial charge is 0.253 e. The highest BCUT2D eigenvalue weighted by atomic mass is 32.2. The van der Waals surface area contributed by atoms with E-state index in [1.807, 2.05) is 0 Å². The van der Waals surface area contributed by atoms with Crippen LogP contribution in [0.5, 0.6) is 0 Å². The first-order valence-corrected chi connectivity index (χ1v) is 8.90. The highest BCUT2D eigenvalue weighted by molar-refractivity contribution is 7.91. The summed E-state index contributed by atoms with van der Waals surface area (Å²) in [6.45, 7) is 1.77. The SMILES string of the molecule is Cc1cc(Nc2cncc(C(=O)NC3CCS(=O)(=O)C3)c2)no1. The molecule has 2 N–H and O–H groups in total. The number of anilines is 2. The average Bonchev–Trinajstić information content (AvgIpc) is 3.04. The maximum absolute atomic E-state index is 12.2. The van der Waals surface area contributed by atoms with Crippen molar-refractivity contribution >= 4 is 27.2 Å². The van der Waals surface area contributed by atoms with E-state index in [4.69, 9.17) is 4.52 Å². The Bertz CT molecular complexity index is 831. The van der Waals surface area contributed by atoms with Gasteiger partial charge >= 0.3 is 0 Å². The molecule has 23 heavy (non-hydrogen) atoms. The third-order valence-corrected chi connectivity index (χ3v) is 5.24. The molecule has 2 aromatic heterocycles. The minimum absolute atomic E-state index is 0.0116. The second-order valence-corrected chi connectivity index (χ2v) is 7.71. The van der Waals surface area contributed by atoms with E-state index in [1.165, 1.54) is 6.20 Å². The van der Waals surface area contributed by atoms with Crippen LogP contribution in [-0.4, -0.2) is 42.0 Å². The van der Waals surface area contributed by atoms with E-state index in [1.54, 1.807) is 25.3 Å². The van der Waals surface area contributed by atoms with Crippen LogP contribution in [0.25, 0.3) is 0 Å². The fourth-order valence-electron chi connectivity index (χ4n) is 2.38. The molecule has 2 aromatic rings. The summed E-state index contributed by atoms with van der Waals surface area (Å²) in [5.74, 6) is 0.936. The van der Waals surface area contributed by atoms with E-state index in [-0.39, 0.29) is 23.5 Å². The fraction of sp³-hybridized carbons (Fsp3) is 0.357. The van der Waals surface area contributed by atoms with Crippen molar-refractivity contribution in [1.82, 2.24) is 15.5 Å². The summed E-state index contributed by atoms with van der Waals surface area (Å²) in [5.41, 5.74) is 0.935. The summed E-state index contributed by atoms with van der Waals surface area (Å²) in [7, 11) is -3.03. The van der Waals surface area contributed by atoms with Gasteiger partial charge in [0, 0.05) is 18.3 Å². The Morgan fingerprint density at radius 1 is 1.35 bits per heavy atom. The Labute approximate surface area is 133 Å². The van der Waals surface area contributed by atoms with Gasteiger partial charge < -0.3 is 15.2 Å². The molecular weight excluding hydrogens is 320 g/mol. The van der Waals surface area contributed by atoms with Crippen LogP contribution in [0, 0.1) is 6.92 Å². The number of carbonyl (C=O) groups excluding carboxylic acids is 1. The third-order valence-electron chi connectivity index (χ3n) is 3.47. The average molecular weight is 336 g/mol. The number of rotatable bonds is 4. The van der Waals surface area contributed by atoms with Crippen molar-refractivity contribution in [3.05, 3.63) is 35.9 Å². The van der Waals surface area contributed by atoms with Crippen molar-refractivity contribution in [3.63, 3.8) is 0 Å². The molecule has 3 rings (SSSR count). The number of hydrogen-bond donors (Lipinski definition) is 2. The Balaban J connectivity index is 1.68. The quantitative estimate of drug-likeness (QED) is 0.857. The van der Waals surface area contributed by atoms with Crippen LogP contribution in [0.15, 0.2) is 29.0 Å². The molecule has 1 aliphatic heterocycles. The Morgan fingerprint density at radius 2 is 2.17 bits per heavy atom. The molecule has 3 heterocycles. The molecule has 0 saturated carbocycles. The van der Waals surface area contributed by atoms with Gasteiger partial charge in [-0.15, -0.1) is 0 Å². The largest absolute Gasteiger partial charge is 0.360 e. The molecule has 9 heteroatoms. The fourth-order valence-corrected chi connectivity index (χ4v) is 4.06. The van der Waals surface area contributed by atoms with Gasteiger partial charge in [0.1, 0.15) is 5.76 Å². The third kappa shape index (κ3) is 3.86. The lowest BCUT2D eigenvalue weighted by Gasteiger charge is -2.11. The Morgan fingerprint density at radius 3 is 2.83 bits per heavy atom. The van der Waals surface area contributed by atoms with E-state index in [9.17, 15) is 13.2 Å². The Hall–Kier alpha value is -2.42. The first-order chi connectivity index (χ1) is 10.9. The number of pyridine rings is 1. The number of nitrogens with one attached hydrogen (secondary N) is 2. The Kier molecular flexibility index (Phi) is 4.03. The molecule has 0 aromatic carbocycles. The van der Waals surface area contributed by atoms with Gasteiger partial charge in [-0.1, -0.05) is 5.16 Å². The van der Waals surface area contributed by atoms with E-state index < -0.39 is 9.84 Å². The lowest BCUT2D eigenvalue weighted by atomic mass is 10.2. The lowest BCUT2D eigenvalue weighted by molar-refractivity contribution is 0.0941. The van der Waals surface area contributed by atoms with Gasteiger partial charge in [-0.05, 0) is 19.4 Å². The van der Waals surface area contributed by atoms with Crippen molar-refractivity contribution in [3.8, 4) is 0 Å². The number of hydrogen-bond acceptors (Lipinski definition) is 7. The van der Waals surface area contributed by atoms with E-state index in [2.05, 4.69) is 20.8 Å². The zero-order chi connectivity index (χ0) is 16.4. The van der Waals surface area contributed by atoms with Crippen LogP contribution in [0.2, 0.25) is 0 Å². The maximum atomic E-state index is 12.2. The number of aryl methyl sites for hydroxylation is 1. The summed E-state index contributed by atoms with van der Waals surface area (Å²) in [4.78, 5) is 16.2. The number of carbonyl (C=O) groups is 1. The van der Waals surface area contributed by atoms with Gasteiger partial charge in [-0.3, -0.25) is 9.78 Å². The van der Waals surface area contributed by atoms with Crippen molar-refractivity contribution in [1.29, 1.82) is 0 Å². The molecule has 1 aliphatic rings. The van der Waals surface area contributed by atoms with E-state index in [0.717, 1.165) is 0 Å². The summed E-state index contributed by atoms with van der Waals surface area (Å²) < 4.78 is 27.8. The molecule has 1 saturated heterocycles. The monoisotopic (exact) mass is 336 g/mol. The van der Waals surface area contributed by atoms with Crippen LogP contribution in [0.4, 0.5) is 11.5 Å². The minimum Gasteiger partial charge on any atom is -0.360 e. The number of amides is 1. The predicted molar refractivity (Wildman–Crippen MR) is 83.3 cm³/mol. The molecule has 1 atom stereocenters. The highest BCUT2D eigenvalue weighted by Crippen LogP contribution is 2.17. The van der Waals surface area contributed by atoms with Crippen molar-refractivity contribution < 1.29 is 17.7 Å². The van der Waals surface area contributed by atoms with Crippen LogP contribution in [0.3, 0.4) is 0 Å². The number of sulfone groups is 1. The van der Waals surface area contributed by atoms with Crippen molar-refractivity contribution in [2.45, 2.75) is 19.4 Å². The van der Waals surface area contributed by atoms with Gasteiger partial charge in [0.05, 0.1) is 29.0 Å². The van der Waals surface area contributed by atoms with Crippen LogP contribution < -0.4 is 10.6 Å². The van der Waals surface area contributed by atoms with Gasteiger partial charge in [0.25, 0.3) is 5.91 Å². The highest BCUT2D eigenvalue weighted by Gasteiger charge is 2.29. The molecule has 1 unspecified atom stereocenters. The first kappa shape index (κ1) is 15.5. The number of aromatic nitrogens is 2. The zero-order valence-corrected chi connectivity index (χ0v) is 13.3. The van der Waals surface area contributed by atoms with Crippen molar-refractivity contribution in [2.24, 2.45) is 0 Å². The second-order valence-electron chi connectivity index (χ2n) is 5.48. The topological polar surface area (TPSA) is 114 Å². The maximum Gasteiger partial charge on any atom is 0.253 e. The summed E-state index contributed by atoms with van der Waals surface area (Å²) in [6, 6.07) is 2.99. The molecule has 0 radical (unpaired) electrons. The van der Waals surface area contributed by atoms with Crippen LogP contribution in [0.1, 0.15) is 22.5 Å². The summed E-state index contributed by atoms with van der Waals surface area (Å²) >= 11 is 0. The van der Waals surface area contributed by atoms with Gasteiger partial charge in [0.15, 0.2) is 15.7 Å². The summed E-state index contributed by atoms with van der Waals surface area (Å²) in [5, 5.41) is 9.51. The van der Waals surface area contributed by atoms with Crippen LogP contribution in [-0.2, 0) is 9.84 Å². The second kappa shape index (κ2) is 5.99. The molecule has 0 aliphatic carbocycles. The summed E-state index contributed by atoms with van der Waals surface area (Å²) in [6.07, 6.45) is 3.43. The van der Waals surface area contributed by atoms with Gasteiger partial charge in [-0.2, -0.15) is 0 Å². The molecule has 1 amide bonds. The minimum atomic E-state index is -3.03. The standard InChI is InChI=1S/C14H16N4O4S/c1-9-4-13(18-22-9)16-12-5-10(6-15-7-12)14(19)17-11-2-3-23(20,21)8-11/h4-7,11H,2-3,8H2,1H3,(H,16,18)(H,17,19). The van der Waals surface area contributed by atoms with Gasteiger partial charge in [0.2, 0.25) is 0 Å². The van der Waals surface area contributed by atoms with E-state index >= 15 is 0 Å². The van der Waals surface area contributed by atoms with Crippen LogP contribution >= 0.6 is 0 Å². The molecular formula is C14H16N4O4S. The van der Waals surface area contributed by atoms with E-state index in [0.29, 0.717) is 29.2 Å². The molecule has 8 nitrogen and oxygen atoms in total.